The molecule has 0 aliphatic heterocycles. The maximum absolute atomic E-state index is 6.14. The van der Waals surface area contributed by atoms with E-state index >= 15 is 0 Å². The fourth-order valence-corrected chi connectivity index (χ4v) is 3.20. The molecule has 2 aromatic carbocycles. The molecular weight excluding hydrogens is 328 g/mol. The normalized spacial score (nSPS) is 11.6. The standard InChI is InChI=1S/C22H23ClN2/c1-15(2)18-8-10-21(11-9-18)24-14-19-12-16(3)25(17(19)4)22-7-5-6-20(23)13-22/h5-15H,1-4H3. The minimum absolute atomic E-state index is 0.537. The second kappa shape index (κ2) is 7.28. The Hall–Kier alpha value is -2.32. The highest BCUT2D eigenvalue weighted by atomic mass is 35.5. The molecule has 0 fully saturated rings. The molecule has 0 saturated carbocycles. The molecule has 0 radical (unpaired) electrons. The minimum atomic E-state index is 0.537. The van der Waals surface area contributed by atoms with Crippen molar-refractivity contribution in [2.45, 2.75) is 33.6 Å². The smallest absolute Gasteiger partial charge is 0.0630 e. The number of aliphatic imine (C=N–C) groups is 1. The van der Waals surface area contributed by atoms with Crippen LogP contribution in [-0.2, 0) is 0 Å². The van der Waals surface area contributed by atoms with Gasteiger partial charge in [-0.15, -0.1) is 0 Å². The van der Waals surface area contributed by atoms with Crippen molar-refractivity contribution in [1.29, 1.82) is 0 Å². The van der Waals surface area contributed by atoms with Gasteiger partial charge in [-0.1, -0.05) is 43.6 Å². The fraction of sp³-hybridized carbons (Fsp3) is 0.227. The van der Waals surface area contributed by atoms with E-state index in [-0.39, 0.29) is 0 Å². The fourth-order valence-electron chi connectivity index (χ4n) is 3.02. The number of aromatic nitrogens is 1. The van der Waals surface area contributed by atoms with Crippen molar-refractivity contribution in [3.8, 4) is 5.69 Å². The van der Waals surface area contributed by atoms with E-state index < -0.39 is 0 Å². The monoisotopic (exact) mass is 350 g/mol. The van der Waals surface area contributed by atoms with E-state index in [0.29, 0.717) is 5.92 Å². The van der Waals surface area contributed by atoms with Crippen molar-refractivity contribution in [3.05, 3.63) is 82.1 Å². The molecule has 128 valence electrons. The Labute approximate surface area is 154 Å². The Morgan fingerprint density at radius 2 is 1.72 bits per heavy atom. The summed E-state index contributed by atoms with van der Waals surface area (Å²) in [5.74, 6) is 0.537. The molecule has 0 unspecified atom stereocenters. The van der Waals surface area contributed by atoms with Crippen LogP contribution < -0.4 is 0 Å². The van der Waals surface area contributed by atoms with Crippen molar-refractivity contribution in [1.82, 2.24) is 4.57 Å². The predicted octanol–water partition coefficient (Wildman–Crippen LogP) is 6.62. The van der Waals surface area contributed by atoms with Crippen LogP contribution in [0, 0.1) is 13.8 Å². The van der Waals surface area contributed by atoms with Gasteiger partial charge in [-0.3, -0.25) is 4.99 Å². The van der Waals surface area contributed by atoms with Crippen molar-refractivity contribution in [2.75, 3.05) is 0 Å². The van der Waals surface area contributed by atoms with Crippen LogP contribution in [0.4, 0.5) is 5.69 Å². The third kappa shape index (κ3) is 3.85. The lowest BCUT2D eigenvalue weighted by Gasteiger charge is -2.09. The van der Waals surface area contributed by atoms with Crippen molar-refractivity contribution in [3.63, 3.8) is 0 Å². The second-order valence-electron chi connectivity index (χ2n) is 6.65. The van der Waals surface area contributed by atoms with Gasteiger partial charge in [-0.05, 0) is 61.7 Å². The van der Waals surface area contributed by atoms with Gasteiger partial charge in [0.15, 0.2) is 0 Å². The predicted molar refractivity (Wildman–Crippen MR) is 108 cm³/mol. The maximum atomic E-state index is 6.14. The lowest BCUT2D eigenvalue weighted by molar-refractivity contribution is 0.867. The summed E-state index contributed by atoms with van der Waals surface area (Å²) in [6.45, 7) is 8.60. The molecule has 0 N–H and O–H groups in total. The van der Waals surface area contributed by atoms with E-state index in [9.17, 15) is 0 Å². The summed E-state index contributed by atoms with van der Waals surface area (Å²) in [7, 11) is 0. The molecule has 3 heteroatoms. The Bertz CT molecular complexity index is 902. The zero-order chi connectivity index (χ0) is 18.0. The number of nitrogens with zero attached hydrogens (tertiary/aromatic N) is 2. The van der Waals surface area contributed by atoms with Gasteiger partial charge in [0, 0.05) is 33.9 Å². The molecule has 1 heterocycles. The molecule has 3 aromatic rings. The number of rotatable bonds is 4. The molecule has 0 aliphatic rings. The maximum Gasteiger partial charge on any atom is 0.0630 e. The van der Waals surface area contributed by atoms with Crippen molar-refractivity contribution in [2.24, 2.45) is 4.99 Å². The zero-order valence-corrected chi connectivity index (χ0v) is 15.9. The second-order valence-corrected chi connectivity index (χ2v) is 7.08. The summed E-state index contributed by atoms with van der Waals surface area (Å²) in [6, 6.07) is 18.5. The first-order valence-electron chi connectivity index (χ1n) is 8.54. The lowest BCUT2D eigenvalue weighted by Crippen LogP contribution is -1.99. The summed E-state index contributed by atoms with van der Waals surface area (Å²) in [5, 5.41) is 0.741. The zero-order valence-electron chi connectivity index (χ0n) is 15.1. The average molecular weight is 351 g/mol. The first kappa shape index (κ1) is 17.5. The number of aryl methyl sites for hydroxylation is 1. The molecule has 0 aliphatic carbocycles. The van der Waals surface area contributed by atoms with Gasteiger partial charge in [-0.25, -0.2) is 0 Å². The topological polar surface area (TPSA) is 17.3 Å². The van der Waals surface area contributed by atoms with Crippen molar-refractivity contribution < 1.29 is 0 Å². The quantitative estimate of drug-likeness (QED) is 0.470. The van der Waals surface area contributed by atoms with Crippen LogP contribution in [0.5, 0.6) is 0 Å². The molecule has 0 spiro atoms. The molecule has 0 saturated heterocycles. The van der Waals surface area contributed by atoms with E-state index in [1.807, 2.05) is 24.4 Å². The number of halogens is 1. The van der Waals surface area contributed by atoms with Crippen LogP contribution in [0.15, 0.2) is 59.6 Å². The van der Waals surface area contributed by atoms with Crippen LogP contribution >= 0.6 is 11.6 Å². The average Bonchev–Trinajstić information content (AvgIpc) is 2.87. The highest BCUT2D eigenvalue weighted by Gasteiger charge is 2.09. The van der Waals surface area contributed by atoms with E-state index in [2.05, 4.69) is 73.7 Å². The Morgan fingerprint density at radius 3 is 2.36 bits per heavy atom. The SMILES string of the molecule is Cc1cc(C=Nc2ccc(C(C)C)cc2)c(C)n1-c1cccc(Cl)c1. The van der Waals surface area contributed by atoms with Crippen LogP contribution in [0.3, 0.4) is 0 Å². The number of hydrogen-bond acceptors (Lipinski definition) is 1. The molecule has 2 nitrogen and oxygen atoms in total. The third-order valence-electron chi connectivity index (χ3n) is 4.45. The molecule has 1 aromatic heterocycles. The molecular formula is C22H23ClN2. The summed E-state index contributed by atoms with van der Waals surface area (Å²) in [6.07, 6.45) is 1.94. The number of hydrogen-bond donors (Lipinski definition) is 0. The Kier molecular flexibility index (Phi) is 5.10. The summed E-state index contributed by atoms with van der Waals surface area (Å²) >= 11 is 6.14. The van der Waals surface area contributed by atoms with Gasteiger partial charge in [-0.2, -0.15) is 0 Å². The first-order valence-corrected chi connectivity index (χ1v) is 8.92. The molecule has 0 bridgehead atoms. The van der Waals surface area contributed by atoms with Gasteiger partial charge >= 0.3 is 0 Å². The third-order valence-corrected chi connectivity index (χ3v) is 4.68. The first-order chi connectivity index (χ1) is 12.0. The molecule has 3 rings (SSSR count). The van der Waals surface area contributed by atoms with Gasteiger partial charge in [0.25, 0.3) is 0 Å². The van der Waals surface area contributed by atoms with Crippen LogP contribution in [-0.4, -0.2) is 10.8 Å². The van der Waals surface area contributed by atoms with E-state index in [1.54, 1.807) is 0 Å². The van der Waals surface area contributed by atoms with Crippen molar-refractivity contribution >= 4 is 23.5 Å². The van der Waals surface area contributed by atoms with Gasteiger partial charge in [0.1, 0.15) is 0 Å². The van der Waals surface area contributed by atoms with E-state index in [4.69, 9.17) is 11.6 Å². The molecule has 25 heavy (non-hydrogen) atoms. The van der Waals surface area contributed by atoms with Gasteiger partial charge in [0.05, 0.1) is 5.69 Å². The summed E-state index contributed by atoms with van der Waals surface area (Å²) in [4.78, 5) is 4.64. The lowest BCUT2D eigenvalue weighted by atomic mass is 10.0. The summed E-state index contributed by atoms with van der Waals surface area (Å²) in [5.41, 5.74) is 6.81. The van der Waals surface area contributed by atoms with Crippen LogP contribution in [0.1, 0.15) is 42.3 Å². The minimum Gasteiger partial charge on any atom is -0.318 e. The Morgan fingerprint density at radius 1 is 1.00 bits per heavy atom. The van der Waals surface area contributed by atoms with Crippen LogP contribution in [0.25, 0.3) is 5.69 Å². The Balaban J connectivity index is 1.90. The molecule has 0 amide bonds. The summed E-state index contributed by atoms with van der Waals surface area (Å²) < 4.78 is 2.20. The van der Waals surface area contributed by atoms with Crippen LogP contribution in [0.2, 0.25) is 5.02 Å². The van der Waals surface area contributed by atoms with E-state index in [0.717, 1.165) is 33.3 Å². The highest BCUT2D eigenvalue weighted by molar-refractivity contribution is 6.30. The van der Waals surface area contributed by atoms with Gasteiger partial charge < -0.3 is 4.57 Å². The number of benzene rings is 2. The highest BCUT2D eigenvalue weighted by Crippen LogP contribution is 2.23. The van der Waals surface area contributed by atoms with E-state index in [1.165, 1.54) is 5.56 Å². The van der Waals surface area contributed by atoms with Gasteiger partial charge in [0.2, 0.25) is 0 Å². The largest absolute Gasteiger partial charge is 0.318 e. The molecule has 0 atom stereocenters.